The first-order chi connectivity index (χ1) is 9.35. The first-order valence-corrected chi connectivity index (χ1v) is 5.99. The van der Waals surface area contributed by atoms with Gasteiger partial charge in [-0.25, -0.2) is 4.39 Å². The molecule has 0 spiro atoms. The van der Waals surface area contributed by atoms with Gasteiger partial charge in [-0.3, -0.25) is 14.3 Å². The van der Waals surface area contributed by atoms with Gasteiger partial charge < -0.3 is 20.1 Å². The summed E-state index contributed by atoms with van der Waals surface area (Å²) in [6.07, 6.45) is -3.95. The van der Waals surface area contributed by atoms with Gasteiger partial charge in [0.1, 0.15) is 18.9 Å². The van der Waals surface area contributed by atoms with E-state index in [-0.39, 0.29) is 4.77 Å². The van der Waals surface area contributed by atoms with E-state index >= 15 is 0 Å². The van der Waals surface area contributed by atoms with Gasteiger partial charge in [0.2, 0.25) is 5.82 Å². The lowest BCUT2D eigenvalue weighted by Crippen LogP contribution is -2.49. The summed E-state index contributed by atoms with van der Waals surface area (Å²) >= 11 is 4.78. The number of H-pyrrole nitrogens is 1. The van der Waals surface area contributed by atoms with Crippen LogP contribution in [-0.2, 0) is 4.74 Å². The molecule has 2 heterocycles. The van der Waals surface area contributed by atoms with Gasteiger partial charge in [0.25, 0.3) is 5.56 Å². The Kier molecular flexibility index (Phi) is 4.02. The number of rotatable bonds is 3. The smallest absolute Gasteiger partial charge is 0.287 e. The molecule has 1 aromatic heterocycles. The summed E-state index contributed by atoms with van der Waals surface area (Å²) in [5, 5.41) is 28.9. The van der Waals surface area contributed by atoms with Gasteiger partial charge in [0.15, 0.2) is 16.6 Å². The van der Waals surface area contributed by atoms with Crippen molar-refractivity contribution in [3.05, 3.63) is 27.1 Å². The molecule has 112 valence electrons. The van der Waals surface area contributed by atoms with E-state index < -0.39 is 48.7 Å². The number of nitrogens with one attached hydrogen (secondary N) is 1. The van der Waals surface area contributed by atoms with E-state index in [0.717, 1.165) is 4.57 Å². The molecule has 1 saturated heterocycles. The van der Waals surface area contributed by atoms with Crippen LogP contribution >= 0.6 is 12.2 Å². The number of aromatic nitrogens is 2. The topological polar surface area (TPSA) is 108 Å². The molecule has 1 unspecified atom stereocenters. The van der Waals surface area contributed by atoms with Crippen molar-refractivity contribution in [2.24, 2.45) is 0 Å². The first-order valence-electron chi connectivity index (χ1n) is 5.59. The summed E-state index contributed by atoms with van der Waals surface area (Å²) in [7, 11) is 0. The van der Waals surface area contributed by atoms with Gasteiger partial charge in [0.05, 0.1) is 12.8 Å². The molecular weight excluding hydrogens is 298 g/mol. The highest BCUT2D eigenvalue weighted by Gasteiger charge is 2.56. The monoisotopic (exact) mass is 310 g/mol. The molecule has 0 amide bonds. The lowest BCUT2D eigenvalue weighted by atomic mass is 9.95. The van der Waals surface area contributed by atoms with Gasteiger partial charge in [-0.1, -0.05) is 0 Å². The molecule has 0 bridgehead atoms. The third-order valence-electron chi connectivity index (χ3n) is 3.17. The minimum atomic E-state index is -2.42. The molecule has 0 aromatic carbocycles. The Bertz CT molecular complexity index is 620. The Morgan fingerprint density at radius 1 is 1.60 bits per heavy atom. The van der Waals surface area contributed by atoms with Crippen LogP contribution in [0.25, 0.3) is 0 Å². The van der Waals surface area contributed by atoms with Crippen molar-refractivity contribution in [3.8, 4) is 0 Å². The summed E-state index contributed by atoms with van der Waals surface area (Å²) in [5.41, 5.74) is -3.50. The lowest BCUT2D eigenvalue weighted by molar-refractivity contribution is -0.121. The summed E-state index contributed by atoms with van der Waals surface area (Å²) < 4.78 is 32.0. The number of hydrogen-bond acceptors (Lipinski definition) is 6. The van der Waals surface area contributed by atoms with Crippen LogP contribution in [0.15, 0.2) is 11.0 Å². The summed E-state index contributed by atoms with van der Waals surface area (Å²) in [6.45, 7) is -2.10. The molecule has 4 atom stereocenters. The minimum absolute atomic E-state index is 0.320. The van der Waals surface area contributed by atoms with E-state index in [4.69, 9.17) is 22.1 Å². The fourth-order valence-corrected chi connectivity index (χ4v) is 2.30. The SMILES string of the molecule is O=c1[nH]c(=S)n([C@@H]2O[C@H](CO)C(O)[C@]2(O)CF)cc1F. The molecule has 10 heteroatoms. The van der Waals surface area contributed by atoms with Crippen molar-refractivity contribution in [2.45, 2.75) is 24.0 Å². The predicted octanol–water partition coefficient (Wildman–Crippen LogP) is -1.00. The van der Waals surface area contributed by atoms with E-state index in [1.54, 1.807) is 0 Å². The number of aliphatic hydroxyl groups excluding tert-OH is 2. The van der Waals surface area contributed by atoms with Gasteiger partial charge >= 0.3 is 0 Å². The lowest BCUT2D eigenvalue weighted by Gasteiger charge is -2.29. The number of alkyl halides is 1. The Morgan fingerprint density at radius 2 is 2.25 bits per heavy atom. The van der Waals surface area contributed by atoms with Crippen LogP contribution < -0.4 is 5.56 Å². The number of ether oxygens (including phenoxy) is 1. The van der Waals surface area contributed by atoms with Crippen LogP contribution in [0.4, 0.5) is 8.78 Å². The predicted molar refractivity (Wildman–Crippen MR) is 63.8 cm³/mol. The van der Waals surface area contributed by atoms with Crippen molar-refractivity contribution in [3.63, 3.8) is 0 Å². The summed E-state index contributed by atoms with van der Waals surface area (Å²) in [4.78, 5) is 13.0. The largest absolute Gasteiger partial charge is 0.394 e. The highest BCUT2D eigenvalue weighted by atomic mass is 32.1. The highest BCUT2D eigenvalue weighted by Crippen LogP contribution is 2.38. The van der Waals surface area contributed by atoms with Crippen LogP contribution in [0.1, 0.15) is 6.23 Å². The maximum Gasteiger partial charge on any atom is 0.287 e. The second kappa shape index (κ2) is 5.30. The quantitative estimate of drug-likeness (QED) is 0.533. The standard InChI is InChI=1S/C10H12F2N2O5S/c11-3-10(18)6(16)5(2-15)19-8(10)14-1-4(12)7(17)13-9(14)20/h1,5-6,8,15-16,18H,2-3H2,(H,13,17,20)/t5-,6?,8-,10-/m1/s1. The molecule has 1 fully saturated rings. The third-order valence-corrected chi connectivity index (χ3v) is 3.48. The molecule has 0 radical (unpaired) electrons. The molecule has 7 nitrogen and oxygen atoms in total. The number of aromatic amines is 1. The molecule has 0 saturated carbocycles. The van der Waals surface area contributed by atoms with E-state index in [2.05, 4.69) is 0 Å². The zero-order valence-corrected chi connectivity index (χ0v) is 10.8. The Labute approximate surface area is 116 Å². The molecule has 20 heavy (non-hydrogen) atoms. The van der Waals surface area contributed by atoms with Crippen LogP contribution in [0.5, 0.6) is 0 Å². The van der Waals surface area contributed by atoms with Crippen LogP contribution in [0.3, 0.4) is 0 Å². The van der Waals surface area contributed by atoms with Gasteiger partial charge in [0, 0.05) is 0 Å². The highest BCUT2D eigenvalue weighted by molar-refractivity contribution is 7.71. The van der Waals surface area contributed by atoms with Crippen LogP contribution in [0.2, 0.25) is 0 Å². The average molecular weight is 310 g/mol. The molecular formula is C10H12F2N2O5S. The Morgan fingerprint density at radius 3 is 2.80 bits per heavy atom. The number of aliphatic hydroxyl groups is 3. The minimum Gasteiger partial charge on any atom is -0.394 e. The molecule has 1 aliphatic heterocycles. The molecule has 4 N–H and O–H groups in total. The zero-order chi connectivity index (χ0) is 15.1. The summed E-state index contributed by atoms with van der Waals surface area (Å²) in [5.74, 6) is -1.22. The Balaban J connectivity index is 2.54. The van der Waals surface area contributed by atoms with E-state index in [1.807, 2.05) is 4.98 Å². The van der Waals surface area contributed by atoms with Crippen LogP contribution in [0, 0.1) is 10.6 Å². The fourth-order valence-electron chi connectivity index (χ4n) is 2.06. The van der Waals surface area contributed by atoms with Crippen molar-refractivity contribution < 1.29 is 28.8 Å². The number of nitrogens with zero attached hydrogens (tertiary/aromatic N) is 1. The van der Waals surface area contributed by atoms with Crippen LogP contribution in [-0.4, -0.2) is 56.0 Å². The first kappa shape index (κ1) is 15.2. The third kappa shape index (κ3) is 2.19. The van der Waals surface area contributed by atoms with Crippen molar-refractivity contribution >= 4 is 12.2 Å². The number of hydrogen-bond donors (Lipinski definition) is 4. The van der Waals surface area contributed by atoms with Crippen molar-refractivity contribution in [2.75, 3.05) is 13.3 Å². The molecule has 0 aliphatic carbocycles. The van der Waals surface area contributed by atoms with E-state index in [9.17, 15) is 23.8 Å². The molecule has 1 aromatic rings. The second-order valence-corrected chi connectivity index (χ2v) is 4.81. The molecule has 1 aliphatic rings. The number of halogens is 2. The molecule has 2 rings (SSSR count). The Hall–Kier alpha value is -1.20. The zero-order valence-electron chi connectivity index (χ0n) is 9.99. The maximum atomic E-state index is 13.3. The van der Waals surface area contributed by atoms with E-state index in [1.165, 1.54) is 0 Å². The van der Waals surface area contributed by atoms with Gasteiger partial charge in [-0.15, -0.1) is 0 Å². The average Bonchev–Trinajstić information content (AvgIpc) is 2.67. The fraction of sp³-hybridized carbons (Fsp3) is 0.600. The normalized spacial score (nSPS) is 33.5. The van der Waals surface area contributed by atoms with Gasteiger partial charge in [-0.2, -0.15) is 4.39 Å². The second-order valence-electron chi connectivity index (χ2n) is 4.42. The summed E-state index contributed by atoms with van der Waals surface area (Å²) in [6, 6.07) is 0. The van der Waals surface area contributed by atoms with Crippen molar-refractivity contribution in [1.29, 1.82) is 0 Å². The maximum absolute atomic E-state index is 13.3. The van der Waals surface area contributed by atoms with Crippen molar-refractivity contribution in [1.82, 2.24) is 9.55 Å². The van der Waals surface area contributed by atoms with Gasteiger partial charge in [-0.05, 0) is 12.2 Å². The van der Waals surface area contributed by atoms with E-state index in [0.29, 0.717) is 6.20 Å².